The third-order valence-corrected chi connectivity index (χ3v) is 3.76. The molecule has 3 nitrogen and oxygen atoms in total. The van der Waals surface area contributed by atoms with Gasteiger partial charge in [-0.25, -0.2) is 9.38 Å². The van der Waals surface area contributed by atoms with Crippen LogP contribution in [-0.4, -0.2) is 31.0 Å². The number of nitrogens with zero attached hydrogens (tertiary/aromatic N) is 1. The number of rotatable bonds is 1. The summed E-state index contributed by atoms with van der Waals surface area (Å²) < 4.78 is 26.1. The number of alkyl halides is 1. The largest absolute Gasteiger partial charge is 0.440 e. The summed E-state index contributed by atoms with van der Waals surface area (Å²) in [6, 6.07) is 7.58. The van der Waals surface area contributed by atoms with Gasteiger partial charge in [0.25, 0.3) is 5.79 Å². The Labute approximate surface area is 113 Å². The zero-order chi connectivity index (χ0) is 12.6. The second-order valence-electron chi connectivity index (χ2n) is 4.50. The molecule has 96 valence electrons. The molecule has 1 fully saturated rings. The van der Waals surface area contributed by atoms with Crippen molar-refractivity contribution in [1.29, 1.82) is 0 Å². The number of halogens is 2. The van der Waals surface area contributed by atoms with Gasteiger partial charge in [0.05, 0.1) is 6.61 Å². The van der Waals surface area contributed by atoms with E-state index in [1.165, 1.54) is 0 Å². The van der Waals surface area contributed by atoms with Crippen molar-refractivity contribution in [3.05, 3.63) is 34.3 Å². The van der Waals surface area contributed by atoms with Crippen LogP contribution in [0.4, 0.5) is 4.39 Å². The standard InChI is InChI=1S/C13H13BrFNO2/c14-10-5-3-9(4-6-10)12-16-8-13(18-12)11(15)2-1-7-17-13/h3-6,11H,1-2,7-8H2. The Hall–Kier alpha value is -0.940. The van der Waals surface area contributed by atoms with E-state index in [-0.39, 0.29) is 6.54 Å². The van der Waals surface area contributed by atoms with Crippen molar-refractivity contribution in [3.8, 4) is 0 Å². The average Bonchev–Trinajstić information content (AvgIpc) is 2.80. The summed E-state index contributed by atoms with van der Waals surface area (Å²) in [5.74, 6) is -0.715. The maximum absolute atomic E-state index is 14.0. The Kier molecular flexibility index (Phi) is 3.11. The average molecular weight is 314 g/mol. The number of hydrogen-bond acceptors (Lipinski definition) is 3. The van der Waals surface area contributed by atoms with Crippen molar-refractivity contribution in [3.63, 3.8) is 0 Å². The van der Waals surface area contributed by atoms with Gasteiger partial charge in [0.2, 0.25) is 5.90 Å². The molecule has 3 rings (SSSR count). The predicted octanol–water partition coefficient (Wildman–Crippen LogP) is 3.07. The van der Waals surface area contributed by atoms with Gasteiger partial charge in [-0.2, -0.15) is 0 Å². The Morgan fingerprint density at radius 3 is 2.83 bits per heavy atom. The van der Waals surface area contributed by atoms with E-state index in [1.807, 2.05) is 24.3 Å². The van der Waals surface area contributed by atoms with E-state index >= 15 is 0 Å². The first-order valence-corrected chi connectivity index (χ1v) is 6.76. The molecule has 0 saturated carbocycles. The van der Waals surface area contributed by atoms with E-state index in [9.17, 15) is 4.39 Å². The normalized spacial score (nSPS) is 31.2. The third kappa shape index (κ3) is 2.06. The highest BCUT2D eigenvalue weighted by Gasteiger charge is 2.49. The van der Waals surface area contributed by atoms with E-state index in [2.05, 4.69) is 20.9 Å². The summed E-state index contributed by atoms with van der Waals surface area (Å²) in [5.41, 5.74) is 0.844. The Morgan fingerprint density at radius 1 is 1.33 bits per heavy atom. The van der Waals surface area contributed by atoms with Crippen molar-refractivity contribution in [2.45, 2.75) is 24.8 Å². The summed E-state index contributed by atoms with van der Waals surface area (Å²) in [5, 5.41) is 0. The van der Waals surface area contributed by atoms with Crippen LogP contribution in [0.25, 0.3) is 0 Å². The molecule has 18 heavy (non-hydrogen) atoms. The number of hydrogen-bond donors (Lipinski definition) is 0. The smallest absolute Gasteiger partial charge is 0.263 e. The Balaban J connectivity index is 1.79. The van der Waals surface area contributed by atoms with Crippen LogP contribution in [0.5, 0.6) is 0 Å². The predicted molar refractivity (Wildman–Crippen MR) is 69.4 cm³/mol. The molecule has 1 spiro atoms. The molecule has 1 aromatic rings. The molecule has 5 heteroatoms. The van der Waals surface area contributed by atoms with E-state index in [1.54, 1.807) is 0 Å². The fourth-order valence-electron chi connectivity index (χ4n) is 2.21. The van der Waals surface area contributed by atoms with Crippen LogP contribution in [-0.2, 0) is 9.47 Å². The van der Waals surface area contributed by atoms with Gasteiger partial charge < -0.3 is 9.47 Å². The molecular formula is C13H13BrFNO2. The Bertz CT molecular complexity index is 476. The van der Waals surface area contributed by atoms with Crippen LogP contribution < -0.4 is 0 Å². The minimum absolute atomic E-state index is 0.236. The molecule has 0 radical (unpaired) electrons. The lowest BCUT2D eigenvalue weighted by atomic mass is 10.0. The van der Waals surface area contributed by atoms with Crippen molar-refractivity contribution >= 4 is 21.8 Å². The monoisotopic (exact) mass is 313 g/mol. The highest BCUT2D eigenvalue weighted by atomic mass is 79.9. The lowest BCUT2D eigenvalue weighted by Crippen LogP contribution is -2.49. The van der Waals surface area contributed by atoms with Gasteiger partial charge in [-0.1, -0.05) is 15.9 Å². The fraction of sp³-hybridized carbons (Fsp3) is 0.462. The maximum atomic E-state index is 14.0. The SMILES string of the molecule is FC1CCCOC12CN=C(c1ccc(Br)cc1)O2. The minimum atomic E-state index is -1.18. The van der Waals surface area contributed by atoms with Gasteiger partial charge in [-0.05, 0) is 37.1 Å². The molecule has 2 aliphatic heterocycles. The van der Waals surface area contributed by atoms with Gasteiger partial charge in [0.15, 0.2) is 6.17 Å². The molecule has 0 bridgehead atoms. The maximum Gasteiger partial charge on any atom is 0.263 e. The van der Waals surface area contributed by atoms with Gasteiger partial charge in [0, 0.05) is 10.0 Å². The number of benzene rings is 1. The van der Waals surface area contributed by atoms with Crippen molar-refractivity contribution in [2.24, 2.45) is 4.99 Å². The summed E-state index contributed by atoms with van der Waals surface area (Å²) in [7, 11) is 0. The third-order valence-electron chi connectivity index (χ3n) is 3.23. The lowest BCUT2D eigenvalue weighted by molar-refractivity contribution is -0.232. The van der Waals surface area contributed by atoms with E-state index in [4.69, 9.17) is 9.47 Å². The van der Waals surface area contributed by atoms with Crippen LogP contribution in [0.1, 0.15) is 18.4 Å². The molecule has 2 atom stereocenters. The van der Waals surface area contributed by atoms with E-state index < -0.39 is 12.0 Å². The van der Waals surface area contributed by atoms with Crippen LogP contribution >= 0.6 is 15.9 Å². The minimum Gasteiger partial charge on any atom is -0.440 e. The summed E-state index contributed by atoms with van der Waals surface area (Å²) in [6.45, 7) is 0.767. The number of aliphatic imine (C=N–C) groups is 1. The van der Waals surface area contributed by atoms with Gasteiger partial charge in [-0.15, -0.1) is 0 Å². The highest BCUT2D eigenvalue weighted by Crippen LogP contribution is 2.34. The molecule has 0 aromatic heterocycles. The fourth-order valence-corrected chi connectivity index (χ4v) is 2.47. The zero-order valence-corrected chi connectivity index (χ0v) is 11.3. The van der Waals surface area contributed by atoms with E-state index in [0.29, 0.717) is 18.9 Å². The van der Waals surface area contributed by atoms with Crippen LogP contribution in [0.15, 0.2) is 33.7 Å². The molecule has 0 amide bonds. The van der Waals surface area contributed by atoms with Crippen LogP contribution in [0.3, 0.4) is 0 Å². The van der Waals surface area contributed by atoms with E-state index in [0.717, 1.165) is 16.5 Å². The molecule has 0 aliphatic carbocycles. The summed E-state index contributed by atoms with van der Waals surface area (Å²) in [4.78, 5) is 4.28. The molecule has 2 aliphatic rings. The van der Waals surface area contributed by atoms with Crippen molar-refractivity contribution < 1.29 is 13.9 Å². The quantitative estimate of drug-likeness (QED) is 0.797. The molecule has 0 N–H and O–H groups in total. The van der Waals surface area contributed by atoms with Crippen LogP contribution in [0, 0.1) is 0 Å². The first-order chi connectivity index (χ1) is 8.70. The summed E-state index contributed by atoms with van der Waals surface area (Å²) >= 11 is 3.37. The summed E-state index contributed by atoms with van der Waals surface area (Å²) in [6.07, 6.45) is 0.103. The highest BCUT2D eigenvalue weighted by molar-refractivity contribution is 9.10. The molecule has 2 heterocycles. The molecule has 2 unspecified atom stereocenters. The number of ether oxygens (including phenoxy) is 2. The molecule has 1 aromatic carbocycles. The first-order valence-electron chi connectivity index (χ1n) is 5.97. The molecule has 1 saturated heterocycles. The topological polar surface area (TPSA) is 30.8 Å². The van der Waals surface area contributed by atoms with Gasteiger partial charge in [-0.3, -0.25) is 0 Å². The van der Waals surface area contributed by atoms with Gasteiger partial charge >= 0.3 is 0 Å². The van der Waals surface area contributed by atoms with Crippen molar-refractivity contribution in [1.82, 2.24) is 0 Å². The molecular weight excluding hydrogens is 301 g/mol. The van der Waals surface area contributed by atoms with Crippen LogP contribution in [0.2, 0.25) is 0 Å². The second-order valence-corrected chi connectivity index (χ2v) is 5.42. The lowest BCUT2D eigenvalue weighted by Gasteiger charge is -2.35. The van der Waals surface area contributed by atoms with Gasteiger partial charge in [0.1, 0.15) is 6.54 Å². The van der Waals surface area contributed by atoms with Crippen molar-refractivity contribution in [2.75, 3.05) is 13.2 Å². The Morgan fingerprint density at radius 2 is 2.11 bits per heavy atom. The second kappa shape index (κ2) is 4.63. The zero-order valence-electron chi connectivity index (χ0n) is 9.73. The first kappa shape index (κ1) is 12.1.